The number of aromatic amines is 1. The van der Waals surface area contributed by atoms with Crippen LogP contribution in [0.1, 0.15) is 58.9 Å². The highest BCUT2D eigenvalue weighted by molar-refractivity contribution is 6.10. The Bertz CT molecular complexity index is 1120. The summed E-state index contributed by atoms with van der Waals surface area (Å²) in [6.07, 6.45) is 13.4. The van der Waals surface area contributed by atoms with Crippen molar-refractivity contribution in [3.05, 3.63) is 71.3 Å². The van der Waals surface area contributed by atoms with Gasteiger partial charge >= 0.3 is 0 Å². The van der Waals surface area contributed by atoms with Gasteiger partial charge < -0.3 is 9.72 Å². The number of aromatic nitrogens is 1. The average Bonchev–Trinajstić information content (AvgIpc) is 3.06. The molecule has 1 N–H and O–H groups in total. The van der Waals surface area contributed by atoms with Gasteiger partial charge in [-0.3, -0.25) is 0 Å². The summed E-state index contributed by atoms with van der Waals surface area (Å²) in [6.45, 7) is 8.75. The van der Waals surface area contributed by atoms with Gasteiger partial charge in [0.2, 0.25) is 0 Å². The maximum absolute atomic E-state index is 6.47. The van der Waals surface area contributed by atoms with E-state index in [2.05, 4.69) is 93.4 Å². The standard InChI is InChI=1S/C27H31NO/c1-19(2)9-7-10-20(3)11-8-17-27(4)18-16-23-25(29-27)15-14-22-21-12-5-6-13-24(21)28-26(22)23/h5-6,9,11-16,18,28H,7-8,10,17H2,1-4H3/b20-11+. The second-order valence-electron chi connectivity index (χ2n) is 8.73. The Balaban J connectivity index is 1.49. The molecule has 0 amide bonds. The van der Waals surface area contributed by atoms with Crippen molar-refractivity contribution in [3.63, 3.8) is 0 Å². The molecular weight excluding hydrogens is 354 g/mol. The molecule has 1 atom stereocenters. The lowest BCUT2D eigenvalue weighted by Gasteiger charge is -2.31. The second kappa shape index (κ2) is 7.94. The first kappa shape index (κ1) is 19.6. The van der Waals surface area contributed by atoms with Gasteiger partial charge in [-0.2, -0.15) is 0 Å². The van der Waals surface area contributed by atoms with Crippen molar-refractivity contribution in [2.75, 3.05) is 0 Å². The number of ether oxygens (including phenoxy) is 1. The van der Waals surface area contributed by atoms with E-state index in [9.17, 15) is 0 Å². The molecule has 1 aliphatic heterocycles. The Kier molecular flexibility index (Phi) is 5.36. The van der Waals surface area contributed by atoms with Crippen LogP contribution >= 0.6 is 0 Å². The number of fused-ring (bicyclic) bond motifs is 5. The number of benzene rings is 2. The third-order valence-corrected chi connectivity index (χ3v) is 5.85. The molecule has 0 radical (unpaired) electrons. The van der Waals surface area contributed by atoms with E-state index in [1.807, 2.05) is 0 Å². The number of hydrogen-bond donors (Lipinski definition) is 1. The maximum Gasteiger partial charge on any atom is 0.129 e. The largest absolute Gasteiger partial charge is 0.483 e. The molecule has 29 heavy (non-hydrogen) atoms. The zero-order valence-electron chi connectivity index (χ0n) is 18.0. The van der Waals surface area contributed by atoms with E-state index in [0.717, 1.165) is 42.5 Å². The van der Waals surface area contributed by atoms with Crippen LogP contribution in [0.2, 0.25) is 0 Å². The van der Waals surface area contributed by atoms with Crippen molar-refractivity contribution in [3.8, 4) is 5.75 Å². The van der Waals surface area contributed by atoms with Crippen molar-refractivity contribution in [2.45, 2.75) is 59.0 Å². The van der Waals surface area contributed by atoms with E-state index in [0.29, 0.717) is 0 Å². The number of rotatable bonds is 6. The summed E-state index contributed by atoms with van der Waals surface area (Å²) in [7, 11) is 0. The van der Waals surface area contributed by atoms with Gasteiger partial charge in [0.05, 0.1) is 5.52 Å². The van der Waals surface area contributed by atoms with Crippen LogP contribution in [0.5, 0.6) is 5.75 Å². The highest BCUT2D eigenvalue weighted by atomic mass is 16.5. The lowest BCUT2D eigenvalue weighted by molar-refractivity contribution is 0.129. The molecule has 2 aromatic carbocycles. The predicted molar refractivity (Wildman–Crippen MR) is 126 cm³/mol. The number of para-hydroxylation sites is 1. The van der Waals surface area contributed by atoms with Crippen LogP contribution in [0.3, 0.4) is 0 Å². The minimum absolute atomic E-state index is 0.261. The van der Waals surface area contributed by atoms with Crippen LogP contribution in [-0.4, -0.2) is 10.6 Å². The van der Waals surface area contributed by atoms with Gasteiger partial charge in [0.25, 0.3) is 0 Å². The number of nitrogens with one attached hydrogen (secondary N) is 1. The van der Waals surface area contributed by atoms with Crippen LogP contribution in [-0.2, 0) is 0 Å². The molecule has 1 aromatic heterocycles. The zero-order valence-corrected chi connectivity index (χ0v) is 18.0. The molecule has 1 unspecified atom stereocenters. The van der Waals surface area contributed by atoms with Gasteiger partial charge in [-0.25, -0.2) is 0 Å². The molecule has 3 aromatic rings. The van der Waals surface area contributed by atoms with Crippen LogP contribution < -0.4 is 4.74 Å². The summed E-state index contributed by atoms with van der Waals surface area (Å²) in [6, 6.07) is 12.8. The van der Waals surface area contributed by atoms with Crippen molar-refractivity contribution in [1.82, 2.24) is 4.98 Å². The highest BCUT2D eigenvalue weighted by Crippen LogP contribution is 2.39. The summed E-state index contributed by atoms with van der Waals surface area (Å²) in [5, 5.41) is 2.52. The third-order valence-electron chi connectivity index (χ3n) is 5.85. The van der Waals surface area contributed by atoms with Crippen LogP contribution in [0.15, 0.2) is 65.8 Å². The monoisotopic (exact) mass is 385 g/mol. The molecule has 0 bridgehead atoms. The summed E-state index contributed by atoms with van der Waals surface area (Å²) in [5.74, 6) is 0.971. The fourth-order valence-corrected chi connectivity index (χ4v) is 4.15. The topological polar surface area (TPSA) is 25.0 Å². The Morgan fingerprint density at radius 1 is 1.00 bits per heavy atom. The van der Waals surface area contributed by atoms with Crippen molar-refractivity contribution >= 4 is 27.9 Å². The molecule has 2 heteroatoms. The molecule has 0 fully saturated rings. The molecular formula is C27H31NO. The summed E-state index contributed by atoms with van der Waals surface area (Å²) in [5.41, 5.74) is 6.09. The molecule has 0 saturated carbocycles. The Morgan fingerprint density at radius 2 is 1.83 bits per heavy atom. The quantitative estimate of drug-likeness (QED) is 0.428. The lowest BCUT2D eigenvalue weighted by Crippen LogP contribution is -2.31. The smallest absolute Gasteiger partial charge is 0.129 e. The van der Waals surface area contributed by atoms with Gasteiger partial charge in [0, 0.05) is 21.9 Å². The highest BCUT2D eigenvalue weighted by Gasteiger charge is 2.28. The molecule has 2 heterocycles. The molecule has 1 aliphatic rings. The van der Waals surface area contributed by atoms with E-state index in [4.69, 9.17) is 4.74 Å². The maximum atomic E-state index is 6.47. The fourth-order valence-electron chi connectivity index (χ4n) is 4.15. The normalized spacial score (nSPS) is 18.7. The summed E-state index contributed by atoms with van der Waals surface area (Å²) in [4.78, 5) is 3.57. The molecule has 0 saturated heterocycles. The van der Waals surface area contributed by atoms with Gasteiger partial charge in [-0.15, -0.1) is 0 Å². The minimum atomic E-state index is -0.261. The third kappa shape index (κ3) is 4.17. The lowest BCUT2D eigenvalue weighted by atomic mass is 9.93. The first-order valence-electron chi connectivity index (χ1n) is 10.7. The van der Waals surface area contributed by atoms with Crippen molar-refractivity contribution < 1.29 is 4.74 Å². The van der Waals surface area contributed by atoms with Crippen molar-refractivity contribution in [2.24, 2.45) is 0 Å². The van der Waals surface area contributed by atoms with E-state index in [1.165, 1.54) is 27.4 Å². The molecule has 0 spiro atoms. The zero-order chi connectivity index (χ0) is 20.4. The van der Waals surface area contributed by atoms with E-state index >= 15 is 0 Å². The Hall–Kier alpha value is -2.74. The molecule has 4 rings (SSSR count). The van der Waals surface area contributed by atoms with Crippen LogP contribution in [0.25, 0.3) is 27.9 Å². The van der Waals surface area contributed by atoms with E-state index in [1.54, 1.807) is 0 Å². The minimum Gasteiger partial charge on any atom is -0.483 e. The molecule has 150 valence electrons. The summed E-state index contributed by atoms with van der Waals surface area (Å²) >= 11 is 0. The first-order chi connectivity index (χ1) is 14.0. The van der Waals surface area contributed by atoms with Gasteiger partial charge in [0.1, 0.15) is 11.4 Å². The summed E-state index contributed by atoms with van der Waals surface area (Å²) < 4.78 is 6.47. The SMILES string of the molecule is CC(C)=CCC/C(C)=C/CCC1(C)C=Cc2c(ccc3c2[nH]c2ccccc23)O1. The Morgan fingerprint density at radius 3 is 2.66 bits per heavy atom. The van der Waals surface area contributed by atoms with Crippen LogP contribution in [0.4, 0.5) is 0 Å². The fraction of sp³-hybridized carbons (Fsp3) is 0.333. The Labute approximate surface area is 174 Å². The van der Waals surface area contributed by atoms with Gasteiger partial charge in [-0.05, 0) is 83.7 Å². The van der Waals surface area contributed by atoms with Gasteiger partial charge in [-0.1, -0.05) is 41.5 Å². The van der Waals surface area contributed by atoms with E-state index < -0.39 is 0 Å². The number of hydrogen-bond acceptors (Lipinski definition) is 1. The molecule has 0 aliphatic carbocycles. The molecule has 2 nitrogen and oxygen atoms in total. The number of allylic oxidation sites excluding steroid dienone is 4. The van der Waals surface area contributed by atoms with Crippen LogP contribution in [0, 0.1) is 0 Å². The van der Waals surface area contributed by atoms with E-state index in [-0.39, 0.29) is 5.60 Å². The predicted octanol–water partition coefficient (Wildman–Crippen LogP) is 7.96. The van der Waals surface area contributed by atoms with Crippen molar-refractivity contribution in [1.29, 1.82) is 0 Å². The van der Waals surface area contributed by atoms with Gasteiger partial charge in [0.15, 0.2) is 0 Å². The first-order valence-corrected chi connectivity index (χ1v) is 10.7. The number of H-pyrrole nitrogens is 1. The second-order valence-corrected chi connectivity index (χ2v) is 8.73. The average molecular weight is 386 g/mol.